The molecule has 3 aromatic heterocycles. The van der Waals surface area contributed by atoms with Crippen LogP contribution in [0.1, 0.15) is 77.8 Å². The van der Waals surface area contributed by atoms with Gasteiger partial charge in [-0.05, 0) is 0 Å². The van der Waals surface area contributed by atoms with Crippen LogP contribution < -0.4 is 0 Å². The first-order valence-electron chi connectivity index (χ1n) is 8.71. The first-order chi connectivity index (χ1) is 12.0. The van der Waals surface area contributed by atoms with Gasteiger partial charge in [-0.15, -0.1) is 20.4 Å². The number of aromatic nitrogens is 6. The zero-order valence-corrected chi connectivity index (χ0v) is 17.4. The van der Waals surface area contributed by atoms with Gasteiger partial charge in [0, 0.05) is 16.7 Å². The Morgan fingerprint density at radius 2 is 1.69 bits per heavy atom. The molecule has 0 aliphatic carbocycles. The summed E-state index contributed by atoms with van der Waals surface area (Å²) in [6.07, 6.45) is 0. The van der Waals surface area contributed by atoms with Crippen molar-refractivity contribution in [3.8, 4) is 0 Å². The molecule has 3 aromatic rings. The summed E-state index contributed by atoms with van der Waals surface area (Å²) in [5.74, 6) is 1.12. The maximum absolute atomic E-state index is 4.76. The molecule has 0 fully saturated rings. The Labute approximate surface area is 157 Å². The molecule has 0 saturated carbocycles. The van der Waals surface area contributed by atoms with E-state index in [9.17, 15) is 0 Å². The summed E-state index contributed by atoms with van der Waals surface area (Å²) in [6, 6.07) is 0. The van der Waals surface area contributed by atoms with Crippen molar-refractivity contribution < 1.29 is 0 Å². The van der Waals surface area contributed by atoms with Crippen molar-refractivity contribution in [3.63, 3.8) is 0 Å². The van der Waals surface area contributed by atoms with Gasteiger partial charge in [0.2, 0.25) is 0 Å². The van der Waals surface area contributed by atoms with E-state index in [1.807, 2.05) is 4.52 Å². The molecule has 0 unspecified atom stereocenters. The standard InChI is InChI=1S/C17H26N8S/c1-9(2)12-19-20-13-10(11(16(3,4)5)24-25(12)13)18-22-15-23-21-14(26-15)17(6,7)8/h9,20H,1-8H3. The lowest BCUT2D eigenvalue weighted by molar-refractivity contribution is 0.558. The van der Waals surface area contributed by atoms with Gasteiger partial charge in [-0.3, -0.25) is 5.10 Å². The van der Waals surface area contributed by atoms with E-state index in [2.05, 4.69) is 86.0 Å². The molecule has 0 aliphatic rings. The van der Waals surface area contributed by atoms with Gasteiger partial charge in [0.05, 0.1) is 5.69 Å². The van der Waals surface area contributed by atoms with Crippen molar-refractivity contribution >= 4 is 27.8 Å². The van der Waals surface area contributed by atoms with Crippen molar-refractivity contribution in [1.82, 2.24) is 30.0 Å². The molecule has 0 saturated heterocycles. The van der Waals surface area contributed by atoms with E-state index in [0.29, 0.717) is 10.8 Å². The summed E-state index contributed by atoms with van der Waals surface area (Å²) in [4.78, 5) is 0. The van der Waals surface area contributed by atoms with E-state index < -0.39 is 0 Å². The molecule has 0 aromatic carbocycles. The summed E-state index contributed by atoms with van der Waals surface area (Å²) in [5.41, 5.74) is 2.10. The van der Waals surface area contributed by atoms with Crippen molar-refractivity contribution in [3.05, 3.63) is 16.5 Å². The van der Waals surface area contributed by atoms with Gasteiger partial charge in [0.1, 0.15) is 5.01 Å². The summed E-state index contributed by atoms with van der Waals surface area (Å²) >= 11 is 1.45. The van der Waals surface area contributed by atoms with E-state index in [1.165, 1.54) is 11.3 Å². The van der Waals surface area contributed by atoms with E-state index in [0.717, 1.165) is 22.2 Å². The molecule has 140 valence electrons. The predicted molar refractivity (Wildman–Crippen MR) is 103 cm³/mol. The molecule has 9 heteroatoms. The van der Waals surface area contributed by atoms with E-state index in [1.54, 1.807) is 0 Å². The number of azo groups is 1. The second kappa shape index (κ2) is 6.22. The van der Waals surface area contributed by atoms with Crippen LogP contribution in [-0.4, -0.2) is 30.0 Å². The highest BCUT2D eigenvalue weighted by Crippen LogP contribution is 2.36. The van der Waals surface area contributed by atoms with Crippen LogP contribution in [-0.2, 0) is 10.8 Å². The monoisotopic (exact) mass is 374 g/mol. The van der Waals surface area contributed by atoms with Crippen LogP contribution in [0.4, 0.5) is 10.8 Å². The second-order valence-corrected chi connectivity index (χ2v) is 9.74. The molecular weight excluding hydrogens is 348 g/mol. The zero-order valence-electron chi connectivity index (χ0n) is 16.6. The summed E-state index contributed by atoms with van der Waals surface area (Å²) in [5, 5.41) is 30.8. The quantitative estimate of drug-likeness (QED) is 0.649. The third-order valence-corrected chi connectivity index (χ3v) is 5.11. The number of fused-ring (bicyclic) bond motifs is 1. The van der Waals surface area contributed by atoms with Crippen molar-refractivity contribution in [2.75, 3.05) is 0 Å². The first kappa shape index (κ1) is 18.6. The van der Waals surface area contributed by atoms with Crippen LogP contribution in [0.3, 0.4) is 0 Å². The van der Waals surface area contributed by atoms with Crippen LogP contribution >= 0.6 is 11.3 Å². The largest absolute Gasteiger partial charge is 0.258 e. The Bertz CT molecular complexity index is 946. The molecule has 0 atom stereocenters. The molecule has 0 amide bonds. The van der Waals surface area contributed by atoms with Gasteiger partial charge in [-0.25, -0.2) is 0 Å². The molecule has 0 spiro atoms. The molecule has 0 bridgehead atoms. The summed E-state index contributed by atoms with van der Waals surface area (Å²) < 4.78 is 1.83. The van der Waals surface area contributed by atoms with Gasteiger partial charge >= 0.3 is 0 Å². The van der Waals surface area contributed by atoms with Gasteiger partial charge < -0.3 is 0 Å². The first-order valence-corrected chi connectivity index (χ1v) is 9.53. The molecule has 0 radical (unpaired) electrons. The van der Waals surface area contributed by atoms with E-state index in [4.69, 9.17) is 5.10 Å². The zero-order chi connectivity index (χ0) is 19.3. The highest BCUT2D eigenvalue weighted by atomic mass is 32.1. The SMILES string of the molecule is CC(C)c1n[nH]c2c(N=Nc3nnc(C(C)(C)C)s3)c(C(C)(C)C)nn12. The summed E-state index contributed by atoms with van der Waals surface area (Å²) in [6.45, 7) is 16.8. The number of hydrogen-bond acceptors (Lipinski definition) is 7. The highest BCUT2D eigenvalue weighted by molar-refractivity contribution is 7.15. The number of H-pyrrole nitrogens is 1. The Kier molecular flexibility index (Phi) is 4.46. The maximum Gasteiger partial charge on any atom is 0.251 e. The van der Waals surface area contributed by atoms with Gasteiger partial charge in [0.25, 0.3) is 5.13 Å². The fraction of sp³-hybridized carbons (Fsp3) is 0.647. The number of hydrogen-bond donors (Lipinski definition) is 1. The highest BCUT2D eigenvalue weighted by Gasteiger charge is 2.27. The fourth-order valence-electron chi connectivity index (χ4n) is 2.46. The lowest BCUT2D eigenvalue weighted by Crippen LogP contribution is -2.13. The molecule has 26 heavy (non-hydrogen) atoms. The third kappa shape index (κ3) is 3.40. The van der Waals surface area contributed by atoms with Crippen molar-refractivity contribution in [2.24, 2.45) is 10.2 Å². The second-order valence-electron chi connectivity index (χ2n) is 8.78. The van der Waals surface area contributed by atoms with Crippen LogP contribution in [0.5, 0.6) is 0 Å². The van der Waals surface area contributed by atoms with Crippen LogP contribution in [0.2, 0.25) is 0 Å². The number of nitrogens with one attached hydrogen (secondary N) is 1. The topological polar surface area (TPSA) is 96.5 Å². The molecule has 3 rings (SSSR count). The lowest BCUT2D eigenvalue weighted by atomic mass is 9.91. The van der Waals surface area contributed by atoms with E-state index in [-0.39, 0.29) is 16.7 Å². The summed E-state index contributed by atoms with van der Waals surface area (Å²) in [7, 11) is 0. The average Bonchev–Trinajstić information content (AvgIpc) is 3.18. The smallest absolute Gasteiger partial charge is 0.251 e. The molecule has 1 N–H and O–H groups in total. The lowest BCUT2D eigenvalue weighted by Gasteiger charge is -2.15. The van der Waals surface area contributed by atoms with Crippen molar-refractivity contribution in [2.45, 2.75) is 72.1 Å². The van der Waals surface area contributed by atoms with Gasteiger partial charge in [0.15, 0.2) is 17.2 Å². The minimum absolute atomic E-state index is 0.0530. The van der Waals surface area contributed by atoms with Gasteiger partial charge in [-0.1, -0.05) is 66.7 Å². The molecule has 8 nitrogen and oxygen atoms in total. The third-order valence-electron chi connectivity index (χ3n) is 3.87. The van der Waals surface area contributed by atoms with Gasteiger partial charge in [-0.2, -0.15) is 14.7 Å². The normalized spacial score (nSPS) is 13.6. The minimum atomic E-state index is -0.173. The number of aromatic amines is 1. The molecule has 3 heterocycles. The average molecular weight is 375 g/mol. The number of rotatable bonds is 3. The van der Waals surface area contributed by atoms with Crippen molar-refractivity contribution in [1.29, 1.82) is 0 Å². The predicted octanol–water partition coefficient (Wildman–Crippen LogP) is 5.04. The Morgan fingerprint density at radius 3 is 2.23 bits per heavy atom. The van der Waals surface area contributed by atoms with Crippen LogP contribution in [0.15, 0.2) is 10.2 Å². The maximum atomic E-state index is 4.76. The van der Waals surface area contributed by atoms with Crippen LogP contribution in [0, 0.1) is 0 Å². The molecular formula is C17H26N8S. The number of nitrogens with zero attached hydrogens (tertiary/aromatic N) is 7. The Hall–Kier alpha value is -2.16. The Morgan fingerprint density at radius 1 is 1.00 bits per heavy atom. The van der Waals surface area contributed by atoms with E-state index >= 15 is 0 Å². The molecule has 0 aliphatic heterocycles. The fourth-order valence-corrected chi connectivity index (χ4v) is 3.18. The Balaban J connectivity index is 2.07. The minimum Gasteiger partial charge on any atom is -0.258 e. The van der Waals surface area contributed by atoms with Crippen LogP contribution in [0.25, 0.3) is 5.65 Å².